The van der Waals surface area contributed by atoms with Crippen LogP contribution < -0.4 is 11.1 Å². The van der Waals surface area contributed by atoms with Gasteiger partial charge in [-0.25, -0.2) is 19.5 Å². The SMILES string of the molecule is C=CC(CS)=C(C(=O)O)N1C(=O)C(NC(=O)/C(=N\OCC(=O)O)c2csc(N)n2)C1=O. The molecule has 1 saturated heterocycles. The number of anilines is 1. The number of β-lactam (4-membered cyclic amide) rings is 2. The molecule has 0 spiro atoms. The van der Waals surface area contributed by atoms with E-state index in [-0.39, 0.29) is 22.2 Å². The van der Waals surface area contributed by atoms with Crippen LogP contribution in [0.15, 0.2) is 34.5 Å². The van der Waals surface area contributed by atoms with Crippen molar-refractivity contribution in [3.05, 3.63) is 35.0 Å². The zero-order chi connectivity index (χ0) is 23.3. The third-order valence-electron chi connectivity index (χ3n) is 3.68. The molecule has 0 atom stereocenters. The minimum atomic E-state index is -1.70. The van der Waals surface area contributed by atoms with E-state index in [0.29, 0.717) is 4.90 Å². The van der Waals surface area contributed by atoms with Gasteiger partial charge in [-0.05, 0) is 5.57 Å². The number of carboxylic acid groups (broad SMARTS) is 2. The highest BCUT2D eigenvalue weighted by molar-refractivity contribution is 7.80. The van der Waals surface area contributed by atoms with Gasteiger partial charge in [0, 0.05) is 11.1 Å². The van der Waals surface area contributed by atoms with Gasteiger partial charge < -0.3 is 26.1 Å². The summed E-state index contributed by atoms with van der Waals surface area (Å²) in [6.45, 7) is 2.55. The number of aromatic nitrogens is 1. The molecule has 164 valence electrons. The van der Waals surface area contributed by atoms with Crippen molar-refractivity contribution in [3.63, 3.8) is 0 Å². The maximum atomic E-state index is 12.6. The smallest absolute Gasteiger partial charge is 0.353 e. The van der Waals surface area contributed by atoms with Crippen LogP contribution in [0.3, 0.4) is 0 Å². The number of likely N-dealkylation sites (tertiary alicyclic amines) is 1. The second-order valence-electron chi connectivity index (χ2n) is 5.64. The maximum absolute atomic E-state index is 12.6. The molecule has 15 heteroatoms. The highest BCUT2D eigenvalue weighted by Crippen LogP contribution is 2.24. The van der Waals surface area contributed by atoms with Crippen molar-refractivity contribution >= 4 is 64.5 Å². The van der Waals surface area contributed by atoms with Crippen LogP contribution in [0.4, 0.5) is 5.13 Å². The van der Waals surface area contributed by atoms with Crippen LogP contribution in [-0.2, 0) is 28.8 Å². The van der Waals surface area contributed by atoms with E-state index in [0.717, 1.165) is 17.4 Å². The van der Waals surface area contributed by atoms with Gasteiger partial charge in [0.05, 0.1) is 0 Å². The molecule has 0 radical (unpaired) electrons. The van der Waals surface area contributed by atoms with Crippen LogP contribution in [0.2, 0.25) is 0 Å². The number of rotatable bonds is 10. The van der Waals surface area contributed by atoms with E-state index < -0.39 is 53.7 Å². The fourth-order valence-electron chi connectivity index (χ4n) is 2.32. The summed E-state index contributed by atoms with van der Waals surface area (Å²) in [4.78, 5) is 68.2. The van der Waals surface area contributed by atoms with Crippen LogP contribution in [0, 0.1) is 0 Å². The van der Waals surface area contributed by atoms with Crippen LogP contribution in [-0.4, -0.2) is 73.9 Å². The number of thiol groups is 1. The molecule has 3 amide bonds. The lowest BCUT2D eigenvalue weighted by atomic mass is 10.0. The van der Waals surface area contributed by atoms with Crippen LogP contribution in [0.1, 0.15) is 5.69 Å². The molecule has 1 fully saturated rings. The van der Waals surface area contributed by atoms with E-state index in [4.69, 9.17) is 10.8 Å². The number of nitrogens with zero attached hydrogens (tertiary/aromatic N) is 3. The summed E-state index contributed by atoms with van der Waals surface area (Å²) in [6.07, 6.45) is 1.14. The molecular formula is C16H15N5O8S2. The number of carbonyl (C=O) groups excluding carboxylic acids is 3. The van der Waals surface area contributed by atoms with Crippen LogP contribution >= 0.6 is 24.0 Å². The average Bonchev–Trinajstić information content (AvgIpc) is 3.14. The lowest BCUT2D eigenvalue weighted by Crippen LogP contribution is -2.68. The topological polar surface area (TPSA) is 202 Å². The monoisotopic (exact) mass is 469 g/mol. The Morgan fingerprint density at radius 2 is 2.03 bits per heavy atom. The summed E-state index contributed by atoms with van der Waals surface area (Å²) < 4.78 is 0. The number of thiazole rings is 1. The van der Waals surface area contributed by atoms with Crippen molar-refractivity contribution in [1.29, 1.82) is 0 Å². The molecule has 1 aliphatic heterocycles. The number of hydrogen-bond donors (Lipinski definition) is 5. The summed E-state index contributed by atoms with van der Waals surface area (Å²) in [7, 11) is 0. The Morgan fingerprint density at radius 1 is 1.39 bits per heavy atom. The number of nitrogen functional groups attached to an aromatic ring is 1. The number of allylic oxidation sites excluding steroid dienone is 1. The molecule has 2 rings (SSSR count). The number of carbonyl (C=O) groups is 5. The summed E-state index contributed by atoms with van der Waals surface area (Å²) in [5.74, 6) is -6.15. The lowest BCUT2D eigenvalue weighted by Gasteiger charge is -2.36. The van der Waals surface area contributed by atoms with Crippen molar-refractivity contribution < 1.29 is 39.0 Å². The number of imide groups is 1. The minimum absolute atomic E-state index is 0.0181. The van der Waals surface area contributed by atoms with Gasteiger partial charge in [0.25, 0.3) is 17.7 Å². The van der Waals surface area contributed by atoms with Gasteiger partial charge in [-0.2, -0.15) is 12.6 Å². The zero-order valence-corrected chi connectivity index (χ0v) is 17.2. The molecule has 13 nitrogen and oxygen atoms in total. The van der Waals surface area contributed by atoms with E-state index in [1.165, 1.54) is 5.38 Å². The second-order valence-corrected chi connectivity index (χ2v) is 6.84. The predicted octanol–water partition coefficient (Wildman–Crippen LogP) is -1.16. The number of nitrogens with two attached hydrogens (primary N) is 1. The molecule has 31 heavy (non-hydrogen) atoms. The third-order valence-corrected chi connectivity index (χ3v) is 4.70. The Kier molecular flexibility index (Phi) is 7.49. The number of amides is 3. The van der Waals surface area contributed by atoms with Crippen molar-refractivity contribution in [1.82, 2.24) is 15.2 Å². The first-order chi connectivity index (χ1) is 14.6. The first kappa shape index (κ1) is 23.6. The van der Waals surface area contributed by atoms with Crippen molar-refractivity contribution in [2.24, 2.45) is 5.16 Å². The molecule has 0 unspecified atom stereocenters. The number of hydrogen-bond acceptors (Lipinski definition) is 11. The van der Waals surface area contributed by atoms with E-state index in [1.807, 2.05) is 0 Å². The standard InChI is InChI=1S/C16H15N5O8S2/c1-2-6(4-30)11(15(27)28)21-13(25)10(14(21)26)19-12(24)9(20-29-3-8(22)23)7-5-31-16(17)18-7/h2,5,10,30H,1,3-4H2,(H2,17,18)(H,19,24)(H,22,23)(H,27,28)/b11-6?,20-9-. The predicted molar refractivity (Wildman–Crippen MR) is 109 cm³/mol. The van der Waals surface area contributed by atoms with Gasteiger partial charge in [0.15, 0.2) is 16.9 Å². The fraction of sp³-hybridized carbons (Fsp3) is 0.188. The van der Waals surface area contributed by atoms with Gasteiger partial charge in [0.1, 0.15) is 11.4 Å². The summed E-state index contributed by atoms with van der Waals surface area (Å²) in [5.41, 5.74) is 4.27. The molecule has 1 aliphatic rings. The quantitative estimate of drug-likeness (QED) is 0.0529. The molecule has 0 saturated carbocycles. The van der Waals surface area contributed by atoms with E-state index in [9.17, 15) is 29.1 Å². The van der Waals surface area contributed by atoms with Crippen molar-refractivity contribution in [2.75, 3.05) is 18.1 Å². The van der Waals surface area contributed by atoms with Gasteiger partial charge >= 0.3 is 11.9 Å². The molecule has 2 heterocycles. The highest BCUT2D eigenvalue weighted by Gasteiger charge is 2.51. The lowest BCUT2D eigenvalue weighted by molar-refractivity contribution is -0.162. The molecule has 1 aromatic heterocycles. The maximum Gasteiger partial charge on any atom is 0.353 e. The van der Waals surface area contributed by atoms with Gasteiger partial charge in [-0.15, -0.1) is 11.3 Å². The molecule has 0 aliphatic carbocycles. The summed E-state index contributed by atoms with van der Waals surface area (Å²) in [5, 5.41) is 24.8. The molecule has 0 bridgehead atoms. The molecule has 1 aromatic rings. The fourth-order valence-corrected chi connectivity index (χ4v) is 3.14. The highest BCUT2D eigenvalue weighted by atomic mass is 32.1. The number of carboxylic acids is 2. The zero-order valence-electron chi connectivity index (χ0n) is 15.5. The van der Waals surface area contributed by atoms with Crippen LogP contribution in [0.25, 0.3) is 0 Å². The Morgan fingerprint density at radius 3 is 2.48 bits per heavy atom. The Labute approximate surface area is 183 Å². The summed E-state index contributed by atoms with van der Waals surface area (Å²) in [6, 6.07) is -1.70. The largest absolute Gasteiger partial charge is 0.479 e. The number of oxime groups is 1. The summed E-state index contributed by atoms with van der Waals surface area (Å²) >= 11 is 4.89. The first-order valence-electron chi connectivity index (χ1n) is 8.13. The van der Waals surface area contributed by atoms with E-state index in [2.05, 4.69) is 39.5 Å². The van der Waals surface area contributed by atoms with Gasteiger partial charge in [0.2, 0.25) is 6.61 Å². The second kappa shape index (κ2) is 9.86. The van der Waals surface area contributed by atoms with Crippen LogP contribution in [0.5, 0.6) is 0 Å². The Bertz CT molecular complexity index is 1010. The van der Waals surface area contributed by atoms with Gasteiger partial charge in [-0.1, -0.05) is 17.8 Å². The average molecular weight is 469 g/mol. The minimum Gasteiger partial charge on any atom is -0.479 e. The van der Waals surface area contributed by atoms with Gasteiger partial charge in [-0.3, -0.25) is 14.4 Å². The van der Waals surface area contributed by atoms with E-state index in [1.54, 1.807) is 0 Å². The number of nitrogens with one attached hydrogen (secondary N) is 1. The number of aliphatic carboxylic acids is 2. The molecular weight excluding hydrogens is 454 g/mol. The Hall–Kier alpha value is -3.72. The van der Waals surface area contributed by atoms with Crippen molar-refractivity contribution in [3.8, 4) is 0 Å². The molecule has 0 aromatic carbocycles. The Balaban J connectivity index is 2.25. The normalized spacial score (nSPS) is 15.1. The first-order valence-corrected chi connectivity index (χ1v) is 9.65. The van der Waals surface area contributed by atoms with E-state index >= 15 is 0 Å². The third kappa shape index (κ3) is 5.07. The molecule has 5 N–H and O–H groups in total. The van der Waals surface area contributed by atoms with Crippen molar-refractivity contribution in [2.45, 2.75) is 6.04 Å².